The fourth-order valence-electron chi connectivity index (χ4n) is 5.10. The Hall–Kier alpha value is -2.72. The van der Waals surface area contributed by atoms with E-state index in [1.807, 2.05) is 78.9 Å². The minimum atomic E-state index is -0.935. The Labute approximate surface area is 177 Å². The van der Waals surface area contributed by atoms with Gasteiger partial charge in [0.2, 0.25) is 0 Å². The average Bonchev–Trinajstić information content (AvgIpc) is 3.03. The van der Waals surface area contributed by atoms with Crippen LogP contribution in [0.15, 0.2) is 83.3 Å². The number of ketones is 1. The highest BCUT2D eigenvalue weighted by Crippen LogP contribution is 2.60. The normalized spacial score (nSPS) is 22.4. The standard InChI is InChI=1S/C25H19BrO3/c26-18-11-12-23-22(13-18)25(24(28)29-23)20(16-7-3-1-4-8-16)14-19(27)15-21(25)17-9-5-2-6-10-17/h1-13,20-21H,14-15H2/t20-,21-/m1/s1. The number of carbonyl (C=O) groups excluding carboxylic acids is 2. The van der Waals surface area contributed by atoms with Crippen LogP contribution in [0.2, 0.25) is 0 Å². The predicted octanol–water partition coefficient (Wildman–Crippen LogP) is 5.54. The van der Waals surface area contributed by atoms with Gasteiger partial charge in [-0.1, -0.05) is 76.6 Å². The van der Waals surface area contributed by atoms with Gasteiger partial charge in [-0.25, -0.2) is 0 Å². The number of rotatable bonds is 2. The summed E-state index contributed by atoms with van der Waals surface area (Å²) in [5.74, 6) is -0.0544. The molecule has 29 heavy (non-hydrogen) atoms. The molecule has 0 amide bonds. The summed E-state index contributed by atoms with van der Waals surface area (Å²) in [6.45, 7) is 0. The van der Waals surface area contributed by atoms with Crippen molar-refractivity contribution in [3.05, 3.63) is 100 Å². The number of carbonyl (C=O) groups is 2. The number of fused-ring (bicyclic) bond motifs is 2. The predicted molar refractivity (Wildman–Crippen MR) is 114 cm³/mol. The first-order chi connectivity index (χ1) is 14.1. The fraction of sp³-hybridized carbons (Fsp3) is 0.200. The molecule has 1 heterocycles. The topological polar surface area (TPSA) is 43.4 Å². The third-order valence-corrected chi connectivity index (χ3v) is 6.79. The van der Waals surface area contributed by atoms with E-state index in [-0.39, 0.29) is 23.6 Å². The molecule has 3 nitrogen and oxygen atoms in total. The molecule has 0 saturated heterocycles. The second kappa shape index (κ2) is 6.96. The van der Waals surface area contributed by atoms with Crippen LogP contribution in [0.4, 0.5) is 0 Å². The van der Waals surface area contributed by atoms with Gasteiger partial charge >= 0.3 is 5.97 Å². The molecule has 1 aliphatic carbocycles. The molecular formula is C25H19BrO3. The van der Waals surface area contributed by atoms with Crippen molar-refractivity contribution in [2.75, 3.05) is 0 Å². The number of hydrogen-bond acceptors (Lipinski definition) is 3. The number of hydrogen-bond donors (Lipinski definition) is 0. The molecule has 2 aliphatic rings. The van der Waals surface area contributed by atoms with E-state index in [1.54, 1.807) is 0 Å². The van der Waals surface area contributed by atoms with E-state index in [9.17, 15) is 9.59 Å². The highest BCUT2D eigenvalue weighted by Gasteiger charge is 2.62. The molecule has 3 aromatic carbocycles. The Bertz CT molecular complexity index is 1040. The van der Waals surface area contributed by atoms with Gasteiger partial charge in [0.15, 0.2) is 0 Å². The van der Waals surface area contributed by atoms with Crippen LogP contribution in [-0.2, 0) is 15.0 Å². The van der Waals surface area contributed by atoms with Crippen LogP contribution in [0, 0.1) is 0 Å². The maximum Gasteiger partial charge on any atom is 0.323 e. The summed E-state index contributed by atoms with van der Waals surface area (Å²) in [6, 6.07) is 25.5. The molecule has 0 aromatic heterocycles. The largest absolute Gasteiger partial charge is 0.426 e. The van der Waals surface area contributed by atoms with E-state index in [2.05, 4.69) is 15.9 Å². The molecule has 0 N–H and O–H groups in total. The Morgan fingerprint density at radius 2 is 1.34 bits per heavy atom. The van der Waals surface area contributed by atoms with Crippen molar-refractivity contribution in [1.29, 1.82) is 0 Å². The molecule has 0 bridgehead atoms. The smallest absolute Gasteiger partial charge is 0.323 e. The molecule has 1 aliphatic heterocycles. The molecule has 144 valence electrons. The van der Waals surface area contributed by atoms with Crippen molar-refractivity contribution in [2.24, 2.45) is 0 Å². The highest BCUT2D eigenvalue weighted by molar-refractivity contribution is 9.10. The Kier molecular flexibility index (Phi) is 4.39. The number of halogens is 1. The maximum absolute atomic E-state index is 13.6. The summed E-state index contributed by atoms with van der Waals surface area (Å²) in [6.07, 6.45) is 0.656. The second-order valence-corrected chi connectivity index (χ2v) is 8.69. The molecule has 1 saturated carbocycles. The molecule has 5 rings (SSSR count). The summed E-state index contributed by atoms with van der Waals surface area (Å²) >= 11 is 3.57. The lowest BCUT2D eigenvalue weighted by molar-refractivity contribution is -0.142. The van der Waals surface area contributed by atoms with Crippen LogP contribution in [0.5, 0.6) is 5.75 Å². The highest BCUT2D eigenvalue weighted by atomic mass is 79.9. The van der Waals surface area contributed by atoms with Crippen LogP contribution >= 0.6 is 15.9 Å². The van der Waals surface area contributed by atoms with Crippen molar-refractivity contribution in [3.63, 3.8) is 0 Å². The fourth-order valence-corrected chi connectivity index (χ4v) is 5.47. The van der Waals surface area contributed by atoms with Gasteiger partial charge in [0.05, 0.1) is 0 Å². The molecule has 0 unspecified atom stereocenters. The van der Waals surface area contributed by atoms with Crippen LogP contribution in [0.3, 0.4) is 0 Å². The minimum absolute atomic E-state index is 0.176. The van der Waals surface area contributed by atoms with Gasteiger partial charge in [-0.05, 0) is 29.3 Å². The van der Waals surface area contributed by atoms with E-state index in [4.69, 9.17) is 4.74 Å². The lowest BCUT2D eigenvalue weighted by Gasteiger charge is -2.44. The lowest BCUT2D eigenvalue weighted by atomic mass is 9.54. The first-order valence-electron chi connectivity index (χ1n) is 9.74. The van der Waals surface area contributed by atoms with Crippen LogP contribution in [-0.4, -0.2) is 11.8 Å². The van der Waals surface area contributed by atoms with Gasteiger partial charge in [-0.2, -0.15) is 0 Å². The Balaban J connectivity index is 1.82. The molecule has 3 aromatic rings. The summed E-state index contributed by atoms with van der Waals surface area (Å²) in [5, 5.41) is 0. The van der Waals surface area contributed by atoms with Crippen molar-refractivity contribution in [2.45, 2.75) is 30.1 Å². The Morgan fingerprint density at radius 3 is 1.90 bits per heavy atom. The quantitative estimate of drug-likeness (QED) is 0.383. The van der Waals surface area contributed by atoms with Crippen molar-refractivity contribution >= 4 is 27.7 Å². The number of benzene rings is 3. The van der Waals surface area contributed by atoms with Gasteiger partial charge in [0.25, 0.3) is 0 Å². The lowest BCUT2D eigenvalue weighted by Crippen LogP contribution is -2.49. The second-order valence-electron chi connectivity index (χ2n) is 7.77. The van der Waals surface area contributed by atoms with Crippen LogP contribution in [0.25, 0.3) is 0 Å². The van der Waals surface area contributed by atoms with Crippen molar-refractivity contribution in [1.82, 2.24) is 0 Å². The van der Waals surface area contributed by atoms with E-state index < -0.39 is 5.41 Å². The monoisotopic (exact) mass is 446 g/mol. The SMILES string of the molecule is O=C1C[C@H](c2ccccc2)C2(C(=O)Oc3ccc(Br)cc32)[C@@H](c2ccccc2)C1. The molecule has 2 atom stereocenters. The van der Waals surface area contributed by atoms with Gasteiger partial charge in [-0.3, -0.25) is 9.59 Å². The molecular weight excluding hydrogens is 428 g/mol. The zero-order chi connectivity index (χ0) is 20.0. The van der Waals surface area contributed by atoms with Crippen LogP contribution < -0.4 is 4.74 Å². The van der Waals surface area contributed by atoms with Gasteiger partial charge in [0.1, 0.15) is 16.9 Å². The van der Waals surface area contributed by atoms with E-state index in [0.29, 0.717) is 18.6 Å². The molecule has 1 fully saturated rings. The molecule has 4 heteroatoms. The number of Topliss-reactive ketones (excluding diaryl/α,β-unsaturated/α-hetero) is 1. The maximum atomic E-state index is 13.6. The third kappa shape index (κ3) is 2.77. The van der Waals surface area contributed by atoms with Gasteiger partial charge in [-0.15, -0.1) is 0 Å². The molecule has 1 spiro atoms. The third-order valence-electron chi connectivity index (χ3n) is 6.29. The molecule has 0 radical (unpaired) electrons. The number of ether oxygens (including phenoxy) is 1. The van der Waals surface area contributed by atoms with Crippen molar-refractivity contribution in [3.8, 4) is 5.75 Å². The van der Waals surface area contributed by atoms with Gasteiger partial charge < -0.3 is 4.74 Å². The average molecular weight is 447 g/mol. The first kappa shape index (κ1) is 18.3. The summed E-state index contributed by atoms with van der Waals surface area (Å²) in [5.41, 5.74) is 1.92. The summed E-state index contributed by atoms with van der Waals surface area (Å²) in [7, 11) is 0. The number of esters is 1. The van der Waals surface area contributed by atoms with Crippen LogP contribution in [0.1, 0.15) is 41.4 Å². The Morgan fingerprint density at radius 1 is 0.793 bits per heavy atom. The summed E-state index contributed by atoms with van der Waals surface area (Å²) < 4.78 is 6.72. The van der Waals surface area contributed by atoms with E-state index in [1.165, 1.54) is 0 Å². The van der Waals surface area contributed by atoms with Crippen molar-refractivity contribution < 1.29 is 14.3 Å². The minimum Gasteiger partial charge on any atom is -0.426 e. The van der Waals surface area contributed by atoms with Gasteiger partial charge in [0, 0.05) is 34.7 Å². The zero-order valence-electron chi connectivity index (χ0n) is 15.7. The van der Waals surface area contributed by atoms with E-state index in [0.717, 1.165) is 21.2 Å². The first-order valence-corrected chi connectivity index (χ1v) is 10.5. The van der Waals surface area contributed by atoms with E-state index >= 15 is 0 Å². The summed E-state index contributed by atoms with van der Waals surface area (Å²) in [4.78, 5) is 26.5. The zero-order valence-corrected chi connectivity index (χ0v) is 17.3.